The van der Waals surface area contributed by atoms with Gasteiger partial charge in [0.2, 0.25) is 0 Å². The Morgan fingerprint density at radius 1 is 0.844 bits per heavy atom. The lowest BCUT2D eigenvalue weighted by Crippen LogP contribution is -2.18. The average molecular weight is 521 g/mol. The van der Waals surface area contributed by atoms with Gasteiger partial charge in [0.25, 0.3) is 9.05 Å². The van der Waals surface area contributed by atoms with Crippen LogP contribution in [0.4, 0.5) is 26.3 Å². The highest BCUT2D eigenvalue weighted by Gasteiger charge is 2.29. The SMILES string of the molecule is FC(F)(F)Cn1ccc(SCc2ccccc2)n1.O=S(=O)(Cl)c1ccn(CC(F)(F)F)n1. The van der Waals surface area contributed by atoms with Gasteiger partial charge >= 0.3 is 12.4 Å². The molecule has 0 saturated heterocycles. The maximum atomic E-state index is 12.1. The first kappa shape index (κ1) is 26.1. The average Bonchev–Trinajstić information content (AvgIpc) is 3.28. The molecule has 0 aliphatic rings. The standard InChI is InChI=1S/C12H11F3N2S.C5H4ClF3N2O2S/c13-12(14,15)9-17-7-6-11(16-17)18-8-10-4-2-1-3-5-10;6-14(12,13)4-1-2-11(10-4)3-5(7,8)9/h1-7H,8-9H2;1-2H,3H2. The minimum absolute atomic E-state index is 0.454. The zero-order valence-electron chi connectivity index (χ0n) is 15.9. The van der Waals surface area contributed by atoms with Gasteiger partial charge in [-0.3, -0.25) is 9.36 Å². The van der Waals surface area contributed by atoms with Crippen LogP contribution in [0.2, 0.25) is 0 Å². The lowest BCUT2D eigenvalue weighted by molar-refractivity contribution is -0.143. The number of rotatable bonds is 6. The Hall–Kier alpha value is -2.19. The number of hydrogen-bond donors (Lipinski definition) is 0. The Morgan fingerprint density at radius 3 is 1.88 bits per heavy atom. The summed E-state index contributed by atoms with van der Waals surface area (Å²) < 4.78 is 94.4. The molecule has 0 aliphatic carbocycles. The van der Waals surface area contributed by atoms with Gasteiger partial charge in [-0.1, -0.05) is 42.1 Å². The number of thioether (sulfide) groups is 1. The van der Waals surface area contributed by atoms with Crippen LogP contribution in [0.1, 0.15) is 5.56 Å². The van der Waals surface area contributed by atoms with Crippen molar-refractivity contribution in [1.82, 2.24) is 19.6 Å². The van der Waals surface area contributed by atoms with Gasteiger partial charge in [-0.25, -0.2) is 8.42 Å². The quantitative estimate of drug-likeness (QED) is 0.257. The van der Waals surface area contributed by atoms with E-state index >= 15 is 0 Å². The Bertz CT molecular complexity index is 1100. The molecule has 6 nitrogen and oxygen atoms in total. The van der Waals surface area contributed by atoms with Crippen LogP contribution in [0.15, 0.2) is 64.9 Å². The smallest absolute Gasteiger partial charge is 0.262 e. The number of halogens is 7. The van der Waals surface area contributed by atoms with E-state index in [9.17, 15) is 34.8 Å². The van der Waals surface area contributed by atoms with E-state index in [1.807, 2.05) is 30.3 Å². The van der Waals surface area contributed by atoms with E-state index in [4.69, 9.17) is 10.7 Å². The lowest BCUT2D eigenvalue weighted by atomic mass is 10.2. The van der Waals surface area contributed by atoms with Crippen LogP contribution >= 0.6 is 22.4 Å². The van der Waals surface area contributed by atoms with Crippen molar-refractivity contribution in [2.75, 3.05) is 0 Å². The molecule has 0 bridgehead atoms. The predicted molar refractivity (Wildman–Crippen MR) is 106 cm³/mol. The normalized spacial score (nSPS) is 12.3. The molecule has 2 aromatic heterocycles. The highest BCUT2D eigenvalue weighted by molar-refractivity contribution is 8.13. The summed E-state index contributed by atoms with van der Waals surface area (Å²) >= 11 is 1.42. The fourth-order valence-electron chi connectivity index (χ4n) is 2.17. The number of alkyl halides is 6. The first-order valence-corrected chi connectivity index (χ1v) is 11.8. The first-order valence-electron chi connectivity index (χ1n) is 8.53. The summed E-state index contributed by atoms with van der Waals surface area (Å²) in [7, 11) is 0.794. The number of aromatic nitrogens is 4. The maximum absolute atomic E-state index is 12.1. The topological polar surface area (TPSA) is 69.8 Å². The van der Waals surface area contributed by atoms with Crippen molar-refractivity contribution in [2.24, 2.45) is 0 Å². The van der Waals surface area contributed by atoms with Crippen LogP contribution in [-0.4, -0.2) is 40.3 Å². The van der Waals surface area contributed by atoms with Crippen LogP contribution < -0.4 is 0 Å². The Morgan fingerprint density at radius 2 is 1.38 bits per heavy atom. The fraction of sp³-hybridized carbons (Fsp3) is 0.294. The molecule has 0 saturated carbocycles. The van der Waals surface area contributed by atoms with Gasteiger partial charge in [0.15, 0.2) is 5.03 Å². The van der Waals surface area contributed by atoms with Crippen molar-refractivity contribution in [3.05, 3.63) is 60.4 Å². The molecule has 0 unspecified atom stereocenters. The zero-order valence-corrected chi connectivity index (χ0v) is 18.3. The predicted octanol–water partition coefficient (Wildman–Crippen LogP) is 5.11. The summed E-state index contributed by atoms with van der Waals surface area (Å²) in [6.45, 7) is -2.39. The fourth-order valence-corrected chi connectivity index (χ4v) is 3.67. The second-order valence-corrected chi connectivity index (χ2v) is 9.65. The molecule has 0 atom stereocenters. The van der Waals surface area contributed by atoms with Gasteiger partial charge < -0.3 is 0 Å². The Kier molecular flexibility index (Phi) is 8.65. The largest absolute Gasteiger partial charge is 0.408 e. The summed E-state index contributed by atoms with van der Waals surface area (Å²) in [5, 5.41) is 7.02. The molecule has 3 aromatic rings. The summed E-state index contributed by atoms with van der Waals surface area (Å²) in [4.78, 5) is 0. The molecule has 0 radical (unpaired) electrons. The summed E-state index contributed by atoms with van der Waals surface area (Å²) in [6.07, 6.45) is -6.43. The molecule has 0 N–H and O–H groups in total. The van der Waals surface area contributed by atoms with E-state index in [1.54, 1.807) is 6.07 Å². The van der Waals surface area contributed by atoms with Crippen molar-refractivity contribution in [2.45, 2.75) is 41.2 Å². The molecule has 0 amide bonds. The highest BCUT2D eigenvalue weighted by Crippen LogP contribution is 2.23. The van der Waals surface area contributed by atoms with Gasteiger partial charge in [0, 0.05) is 28.8 Å². The van der Waals surface area contributed by atoms with Crippen LogP contribution in [-0.2, 0) is 27.9 Å². The summed E-state index contributed by atoms with van der Waals surface area (Å²) in [5.41, 5.74) is 1.12. The minimum Gasteiger partial charge on any atom is -0.262 e. The van der Waals surface area contributed by atoms with Crippen LogP contribution in [0, 0.1) is 0 Å². The Balaban J connectivity index is 0.000000235. The zero-order chi connectivity index (χ0) is 24.0. The molecule has 0 spiro atoms. The highest BCUT2D eigenvalue weighted by atomic mass is 35.7. The maximum Gasteiger partial charge on any atom is 0.408 e. The van der Waals surface area contributed by atoms with E-state index in [0.717, 1.165) is 22.5 Å². The summed E-state index contributed by atoms with van der Waals surface area (Å²) in [5.74, 6) is 0.698. The molecule has 2 heterocycles. The van der Waals surface area contributed by atoms with E-state index in [2.05, 4.69) is 10.2 Å². The minimum atomic E-state index is -4.45. The third-order valence-corrected chi connectivity index (χ3v) is 5.58. The van der Waals surface area contributed by atoms with Gasteiger partial charge in [0.1, 0.15) is 18.1 Å². The van der Waals surface area contributed by atoms with Crippen LogP contribution in [0.25, 0.3) is 0 Å². The van der Waals surface area contributed by atoms with E-state index in [-0.39, 0.29) is 0 Å². The third kappa shape index (κ3) is 9.96. The molecule has 15 heteroatoms. The van der Waals surface area contributed by atoms with Crippen LogP contribution in [0.5, 0.6) is 0 Å². The van der Waals surface area contributed by atoms with Crippen molar-refractivity contribution in [3.63, 3.8) is 0 Å². The van der Waals surface area contributed by atoms with E-state index in [0.29, 0.717) is 15.5 Å². The molecule has 32 heavy (non-hydrogen) atoms. The van der Waals surface area contributed by atoms with E-state index in [1.165, 1.54) is 18.0 Å². The molecule has 0 fully saturated rings. The van der Waals surface area contributed by atoms with Gasteiger partial charge in [-0.05, 0) is 17.7 Å². The monoisotopic (exact) mass is 520 g/mol. The van der Waals surface area contributed by atoms with Gasteiger partial charge in [-0.15, -0.1) is 0 Å². The van der Waals surface area contributed by atoms with Crippen molar-refractivity contribution in [3.8, 4) is 0 Å². The Labute approximate surface area is 187 Å². The third-order valence-electron chi connectivity index (χ3n) is 3.39. The molecular formula is C17H15ClF6N4O2S2. The van der Waals surface area contributed by atoms with Gasteiger partial charge in [0.05, 0.1) is 0 Å². The molecule has 3 rings (SSSR count). The number of benzene rings is 1. The van der Waals surface area contributed by atoms with Crippen molar-refractivity contribution in [1.29, 1.82) is 0 Å². The lowest BCUT2D eigenvalue weighted by Gasteiger charge is -2.05. The van der Waals surface area contributed by atoms with Crippen molar-refractivity contribution >= 4 is 31.5 Å². The second-order valence-electron chi connectivity index (χ2n) is 6.15. The first-order chi connectivity index (χ1) is 14.7. The van der Waals surface area contributed by atoms with Gasteiger partial charge in [-0.2, -0.15) is 36.5 Å². The molecule has 0 aliphatic heterocycles. The summed E-state index contributed by atoms with van der Waals surface area (Å²) in [6, 6.07) is 12.2. The second kappa shape index (κ2) is 10.6. The molecule has 176 valence electrons. The van der Waals surface area contributed by atoms with Crippen LogP contribution in [0.3, 0.4) is 0 Å². The number of nitrogens with zero attached hydrogens (tertiary/aromatic N) is 4. The van der Waals surface area contributed by atoms with E-state index < -0.39 is 39.5 Å². The number of hydrogen-bond acceptors (Lipinski definition) is 5. The molecular weight excluding hydrogens is 506 g/mol. The molecule has 1 aromatic carbocycles. The van der Waals surface area contributed by atoms with Crippen molar-refractivity contribution < 1.29 is 34.8 Å².